The number of nitrogens with one attached hydrogen (secondary N) is 1. The fourth-order valence-corrected chi connectivity index (χ4v) is 2.30. The van der Waals surface area contributed by atoms with E-state index in [0.29, 0.717) is 6.54 Å². The molecule has 0 unspecified atom stereocenters. The number of carboxylic acids is 1. The summed E-state index contributed by atoms with van der Waals surface area (Å²) in [6.07, 6.45) is 2.90. The Labute approximate surface area is 115 Å². The summed E-state index contributed by atoms with van der Waals surface area (Å²) in [7, 11) is 0. The third kappa shape index (κ3) is 6.05. The van der Waals surface area contributed by atoms with Crippen molar-refractivity contribution < 1.29 is 14.7 Å². The minimum absolute atomic E-state index is 0.0588. The van der Waals surface area contributed by atoms with Crippen LogP contribution < -0.4 is 5.32 Å². The van der Waals surface area contributed by atoms with Crippen LogP contribution in [0.15, 0.2) is 0 Å². The first kappa shape index (κ1) is 16.0. The van der Waals surface area contributed by atoms with Crippen LogP contribution in [-0.4, -0.2) is 47.1 Å². The predicted molar refractivity (Wildman–Crippen MR) is 73.9 cm³/mol. The van der Waals surface area contributed by atoms with E-state index in [1.807, 2.05) is 13.8 Å². The van der Waals surface area contributed by atoms with E-state index in [1.54, 1.807) is 0 Å². The first-order valence-electron chi connectivity index (χ1n) is 7.07. The Morgan fingerprint density at radius 1 is 1.32 bits per heavy atom. The van der Waals surface area contributed by atoms with Crippen LogP contribution in [0.2, 0.25) is 0 Å². The van der Waals surface area contributed by atoms with Crippen LogP contribution in [0.4, 0.5) is 0 Å². The zero-order valence-electron chi connectivity index (χ0n) is 12.2. The Morgan fingerprint density at radius 2 is 1.89 bits per heavy atom. The summed E-state index contributed by atoms with van der Waals surface area (Å²) in [5.41, 5.74) is -0.154. The number of piperidine rings is 1. The summed E-state index contributed by atoms with van der Waals surface area (Å²) in [4.78, 5) is 24.6. The molecule has 0 spiro atoms. The van der Waals surface area contributed by atoms with E-state index in [1.165, 1.54) is 0 Å². The van der Waals surface area contributed by atoms with Crippen molar-refractivity contribution in [1.82, 2.24) is 10.2 Å². The van der Waals surface area contributed by atoms with E-state index in [9.17, 15) is 9.59 Å². The van der Waals surface area contributed by atoms with E-state index < -0.39 is 5.97 Å². The summed E-state index contributed by atoms with van der Waals surface area (Å²) >= 11 is 0. The summed E-state index contributed by atoms with van der Waals surface area (Å²) in [5.74, 6) is -0.395. The molecule has 0 saturated carbocycles. The Kier molecular flexibility index (Phi) is 5.79. The molecule has 5 heteroatoms. The SMILES string of the molecule is CCC(C)(C)NC(=O)CN1CCC(CC(=O)O)CC1. The van der Waals surface area contributed by atoms with Crippen LogP contribution in [0.3, 0.4) is 0 Å². The molecule has 0 aromatic rings. The molecule has 1 aliphatic heterocycles. The van der Waals surface area contributed by atoms with Gasteiger partial charge in [-0.2, -0.15) is 0 Å². The number of rotatable bonds is 6. The highest BCUT2D eigenvalue weighted by Crippen LogP contribution is 2.20. The van der Waals surface area contributed by atoms with Crippen LogP contribution in [-0.2, 0) is 9.59 Å². The normalized spacial score (nSPS) is 18.3. The summed E-state index contributed by atoms with van der Waals surface area (Å²) in [5, 5.41) is 11.8. The quantitative estimate of drug-likeness (QED) is 0.767. The van der Waals surface area contributed by atoms with Gasteiger partial charge < -0.3 is 10.4 Å². The van der Waals surface area contributed by atoms with E-state index >= 15 is 0 Å². The molecule has 0 aromatic carbocycles. The second kappa shape index (κ2) is 6.89. The molecular formula is C14H26N2O3. The molecule has 0 bridgehead atoms. The molecule has 1 saturated heterocycles. The zero-order valence-corrected chi connectivity index (χ0v) is 12.2. The van der Waals surface area contributed by atoms with E-state index in [4.69, 9.17) is 5.11 Å². The standard InChI is InChI=1S/C14H26N2O3/c1-4-14(2,3)15-12(17)10-16-7-5-11(6-8-16)9-13(18)19/h11H,4-10H2,1-3H3,(H,15,17)(H,18,19). The monoisotopic (exact) mass is 270 g/mol. The van der Waals surface area contributed by atoms with Gasteiger partial charge in [-0.05, 0) is 52.1 Å². The number of carboxylic acid groups (broad SMARTS) is 1. The zero-order chi connectivity index (χ0) is 14.5. The summed E-state index contributed by atoms with van der Waals surface area (Å²) in [6, 6.07) is 0. The fraction of sp³-hybridized carbons (Fsp3) is 0.857. The maximum absolute atomic E-state index is 11.9. The number of hydrogen-bond donors (Lipinski definition) is 2. The topological polar surface area (TPSA) is 69.6 Å². The van der Waals surface area contributed by atoms with Crippen molar-refractivity contribution in [2.45, 2.75) is 52.0 Å². The summed E-state index contributed by atoms with van der Waals surface area (Å²) in [6.45, 7) is 8.14. The van der Waals surface area contributed by atoms with Gasteiger partial charge >= 0.3 is 5.97 Å². The van der Waals surface area contributed by atoms with Gasteiger partial charge in [0.1, 0.15) is 0 Å². The number of likely N-dealkylation sites (tertiary alicyclic amines) is 1. The molecule has 1 amide bonds. The lowest BCUT2D eigenvalue weighted by Gasteiger charge is -2.32. The fourth-order valence-electron chi connectivity index (χ4n) is 2.30. The molecular weight excluding hydrogens is 244 g/mol. The van der Waals surface area contributed by atoms with Crippen molar-refractivity contribution in [1.29, 1.82) is 0 Å². The highest BCUT2D eigenvalue weighted by molar-refractivity contribution is 5.78. The van der Waals surface area contributed by atoms with E-state index in [-0.39, 0.29) is 23.8 Å². The molecule has 5 nitrogen and oxygen atoms in total. The van der Waals surface area contributed by atoms with Crippen molar-refractivity contribution in [3.63, 3.8) is 0 Å². The molecule has 1 fully saturated rings. The van der Waals surface area contributed by atoms with Gasteiger partial charge in [0, 0.05) is 12.0 Å². The van der Waals surface area contributed by atoms with Crippen LogP contribution in [0.1, 0.15) is 46.5 Å². The molecule has 0 atom stereocenters. The van der Waals surface area contributed by atoms with E-state index in [2.05, 4.69) is 17.1 Å². The molecule has 0 aromatic heterocycles. The van der Waals surface area contributed by atoms with Crippen LogP contribution in [0.5, 0.6) is 0 Å². The molecule has 0 radical (unpaired) electrons. The highest BCUT2D eigenvalue weighted by Gasteiger charge is 2.24. The van der Waals surface area contributed by atoms with Gasteiger partial charge in [-0.15, -0.1) is 0 Å². The van der Waals surface area contributed by atoms with Crippen LogP contribution in [0, 0.1) is 5.92 Å². The van der Waals surface area contributed by atoms with Crippen molar-refractivity contribution in [2.24, 2.45) is 5.92 Å². The largest absolute Gasteiger partial charge is 0.481 e. The second-order valence-electron chi connectivity index (χ2n) is 6.10. The molecule has 1 aliphatic rings. The van der Waals surface area contributed by atoms with Crippen LogP contribution in [0.25, 0.3) is 0 Å². The van der Waals surface area contributed by atoms with Crippen molar-refractivity contribution >= 4 is 11.9 Å². The molecule has 1 heterocycles. The Balaban J connectivity index is 2.29. The van der Waals surface area contributed by atoms with Gasteiger partial charge in [0.15, 0.2) is 0 Å². The lowest BCUT2D eigenvalue weighted by atomic mass is 9.93. The first-order valence-corrected chi connectivity index (χ1v) is 7.07. The van der Waals surface area contributed by atoms with E-state index in [0.717, 1.165) is 32.4 Å². The van der Waals surface area contributed by atoms with Gasteiger partial charge in [0.05, 0.1) is 6.54 Å². The lowest BCUT2D eigenvalue weighted by molar-refractivity contribution is -0.138. The average molecular weight is 270 g/mol. The number of hydrogen-bond acceptors (Lipinski definition) is 3. The minimum Gasteiger partial charge on any atom is -0.481 e. The first-order chi connectivity index (χ1) is 8.82. The number of amides is 1. The molecule has 2 N–H and O–H groups in total. The van der Waals surface area contributed by atoms with Crippen molar-refractivity contribution in [3.05, 3.63) is 0 Å². The summed E-state index contributed by atoms with van der Waals surface area (Å²) < 4.78 is 0. The third-order valence-corrected chi connectivity index (χ3v) is 3.90. The Morgan fingerprint density at radius 3 is 2.37 bits per heavy atom. The van der Waals surface area contributed by atoms with Gasteiger partial charge in [-0.3, -0.25) is 14.5 Å². The maximum Gasteiger partial charge on any atom is 0.303 e. The Bertz CT molecular complexity index is 321. The van der Waals surface area contributed by atoms with Gasteiger partial charge in [-0.25, -0.2) is 0 Å². The number of nitrogens with zero attached hydrogens (tertiary/aromatic N) is 1. The van der Waals surface area contributed by atoms with Gasteiger partial charge in [-0.1, -0.05) is 6.92 Å². The highest BCUT2D eigenvalue weighted by atomic mass is 16.4. The molecule has 110 valence electrons. The molecule has 19 heavy (non-hydrogen) atoms. The Hall–Kier alpha value is -1.10. The number of carbonyl (C=O) groups excluding carboxylic acids is 1. The third-order valence-electron chi connectivity index (χ3n) is 3.90. The van der Waals surface area contributed by atoms with Crippen LogP contribution >= 0.6 is 0 Å². The number of aliphatic carboxylic acids is 1. The smallest absolute Gasteiger partial charge is 0.303 e. The van der Waals surface area contributed by atoms with Crippen molar-refractivity contribution in [2.75, 3.05) is 19.6 Å². The second-order valence-corrected chi connectivity index (χ2v) is 6.10. The van der Waals surface area contributed by atoms with Gasteiger partial charge in [0.25, 0.3) is 0 Å². The predicted octanol–water partition coefficient (Wildman–Crippen LogP) is 1.48. The average Bonchev–Trinajstić information content (AvgIpc) is 2.30. The minimum atomic E-state index is -0.721. The lowest BCUT2D eigenvalue weighted by Crippen LogP contribution is -2.48. The molecule has 1 rings (SSSR count). The van der Waals surface area contributed by atoms with Crippen molar-refractivity contribution in [3.8, 4) is 0 Å². The maximum atomic E-state index is 11.9. The number of carbonyl (C=O) groups is 2. The molecule has 0 aliphatic carbocycles. The van der Waals surface area contributed by atoms with Gasteiger partial charge in [0.2, 0.25) is 5.91 Å².